The van der Waals surface area contributed by atoms with E-state index in [9.17, 15) is 19.5 Å². The molecule has 3 aromatic carbocycles. The number of aliphatic hydroxyl groups is 1. The molecule has 0 spiro atoms. The van der Waals surface area contributed by atoms with E-state index in [1.54, 1.807) is 50.9 Å². The molecule has 45 heavy (non-hydrogen) atoms. The van der Waals surface area contributed by atoms with Crippen molar-refractivity contribution in [1.82, 2.24) is 15.0 Å². The quantitative estimate of drug-likeness (QED) is 0.216. The topological polar surface area (TPSA) is 149 Å². The molecule has 3 atom stereocenters. The Morgan fingerprint density at radius 1 is 1.04 bits per heavy atom. The lowest BCUT2D eigenvalue weighted by Gasteiger charge is -2.38. The summed E-state index contributed by atoms with van der Waals surface area (Å²) in [5.41, 5.74) is 2.21. The molecule has 0 saturated carbocycles. The van der Waals surface area contributed by atoms with Gasteiger partial charge in [0.1, 0.15) is 17.5 Å². The molecule has 1 aliphatic heterocycles. The van der Waals surface area contributed by atoms with Gasteiger partial charge >= 0.3 is 12.1 Å². The number of anilines is 3. The van der Waals surface area contributed by atoms with Gasteiger partial charge in [0.15, 0.2) is 11.5 Å². The van der Waals surface area contributed by atoms with Crippen LogP contribution in [0.3, 0.4) is 0 Å². The van der Waals surface area contributed by atoms with Gasteiger partial charge in [0.2, 0.25) is 0 Å². The summed E-state index contributed by atoms with van der Waals surface area (Å²) in [6, 6.07) is 16.9. The molecule has 2 heterocycles. The highest BCUT2D eigenvalue weighted by molar-refractivity contribution is 6.08. The van der Waals surface area contributed by atoms with Crippen LogP contribution in [-0.2, 0) is 0 Å². The molecule has 12 nitrogen and oxygen atoms in total. The van der Waals surface area contributed by atoms with E-state index in [2.05, 4.69) is 21.1 Å². The number of hydrogen-bond donors (Lipinski definition) is 4. The van der Waals surface area contributed by atoms with Gasteiger partial charge in [-0.15, -0.1) is 0 Å². The summed E-state index contributed by atoms with van der Waals surface area (Å²) in [6.07, 6.45) is -0.588. The number of nitrogens with one attached hydrogen (secondary N) is 3. The normalized spacial score (nSPS) is 17.0. The number of carbonyl (C=O) groups is 3. The Kier molecular flexibility index (Phi) is 9.24. The fourth-order valence-corrected chi connectivity index (χ4v) is 5.39. The van der Waals surface area contributed by atoms with Crippen molar-refractivity contribution in [2.75, 3.05) is 42.7 Å². The summed E-state index contributed by atoms with van der Waals surface area (Å²) >= 11 is 0. The number of ether oxygens (including phenoxy) is 1. The number of hydrogen-bond acceptors (Lipinski definition) is 7. The zero-order chi connectivity index (χ0) is 32.2. The first kappa shape index (κ1) is 31.3. The van der Waals surface area contributed by atoms with Crippen LogP contribution in [-0.4, -0.2) is 76.9 Å². The number of benzene rings is 3. The van der Waals surface area contributed by atoms with E-state index in [1.807, 2.05) is 49.4 Å². The maximum absolute atomic E-state index is 13.8. The summed E-state index contributed by atoms with van der Waals surface area (Å²) in [5, 5.41) is 24.3. The Morgan fingerprint density at radius 3 is 2.47 bits per heavy atom. The van der Waals surface area contributed by atoms with E-state index in [1.165, 1.54) is 4.90 Å². The van der Waals surface area contributed by atoms with Crippen LogP contribution in [0.4, 0.5) is 26.7 Å². The largest absolute Gasteiger partial charge is 0.485 e. The molecule has 1 aliphatic rings. The summed E-state index contributed by atoms with van der Waals surface area (Å²) in [7, 11) is 1.64. The van der Waals surface area contributed by atoms with Gasteiger partial charge in [-0.3, -0.25) is 4.79 Å². The lowest BCUT2D eigenvalue weighted by molar-refractivity contribution is 0.0373. The molecule has 0 aliphatic carbocycles. The number of aryl methyl sites for hydroxylation is 2. The second kappa shape index (κ2) is 13.3. The van der Waals surface area contributed by atoms with E-state index in [0.717, 1.165) is 10.8 Å². The minimum atomic E-state index is -0.588. The monoisotopic (exact) mass is 614 g/mol. The van der Waals surface area contributed by atoms with Gasteiger partial charge in [0.05, 0.1) is 36.1 Å². The maximum Gasteiger partial charge on any atom is 0.323 e. The van der Waals surface area contributed by atoms with Crippen molar-refractivity contribution < 1.29 is 28.8 Å². The van der Waals surface area contributed by atoms with Crippen LogP contribution in [0.2, 0.25) is 0 Å². The molecule has 4 aromatic rings. The molecular formula is C33H38N6O6. The number of aromatic nitrogens is 1. The summed E-state index contributed by atoms with van der Waals surface area (Å²) in [6.45, 7) is 7.34. The highest BCUT2D eigenvalue weighted by Gasteiger charge is 2.35. The second-order valence-corrected chi connectivity index (χ2v) is 11.4. The SMILES string of the molecule is Cc1noc(C)c1NC(=O)N(C)C[C@@H]1Oc2c(NC(=O)Nc3cccc4ccccc34)cccc2C(=O)N([C@H](C)CO)C[C@@H]1C. The van der Waals surface area contributed by atoms with E-state index in [-0.39, 0.29) is 54.6 Å². The van der Waals surface area contributed by atoms with Crippen molar-refractivity contribution in [3.63, 3.8) is 0 Å². The first-order valence-corrected chi connectivity index (χ1v) is 14.8. The second-order valence-electron chi connectivity index (χ2n) is 11.4. The Balaban J connectivity index is 1.43. The molecule has 5 amide bonds. The summed E-state index contributed by atoms with van der Waals surface area (Å²) < 4.78 is 11.7. The van der Waals surface area contributed by atoms with Crippen LogP contribution in [0.5, 0.6) is 5.75 Å². The van der Waals surface area contributed by atoms with Gasteiger partial charge in [-0.2, -0.15) is 0 Å². The molecule has 0 radical (unpaired) electrons. The molecule has 0 bridgehead atoms. The Labute approximate surface area is 261 Å². The molecule has 12 heteroatoms. The molecule has 4 N–H and O–H groups in total. The number of para-hydroxylation sites is 1. The number of fused-ring (bicyclic) bond motifs is 2. The van der Waals surface area contributed by atoms with Gasteiger partial charge in [-0.05, 0) is 44.4 Å². The number of nitrogens with zero attached hydrogens (tertiary/aromatic N) is 3. The van der Waals surface area contributed by atoms with Gasteiger partial charge in [0, 0.05) is 24.9 Å². The predicted octanol–water partition coefficient (Wildman–Crippen LogP) is 5.47. The van der Waals surface area contributed by atoms with Crippen LogP contribution in [0, 0.1) is 19.8 Å². The summed E-state index contributed by atoms with van der Waals surface area (Å²) in [5.74, 6) is 0.0765. The molecular weight excluding hydrogens is 576 g/mol. The van der Waals surface area contributed by atoms with Crippen molar-refractivity contribution in [3.05, 3.63) is 77.7 Å². The van der Waals surface area contributed by atoms with E-state index in [4.69, 9.17) is 9.26 Å². The molecule has 5 rings (SSSR count). The number of likely N-dealkylation sites (N-methyl/N-ethyl adjacent to an activating group) is 1. The van der Waals surface area contributed by atoms with E-state index >= 15 is 0 Å². The minimum Gasteiger partial charge on any atom is -0.485 e. The number of carbonyl (C=O) groups excluding carboxylic acids is 3. The van der Waals surface area contributed by atoms with E-state index in [0.29, 0.717) is 22.8 Å². The fraction of sp³-hybridized carbons (Fsp3) is 0.333. The van der Waals surface area contributed by atoms with Crippen LogP contribution in [0.25, 0.3) is 10.8 Å². The minimum absolute atomic E-state index is 0.155. The average Bonchev–Trinajstić information content (AvgIpc) is 3.34. The zero-order valence-corrected chi connectivity index (χ0v) is 26.0. The predicted molar refractivity (Wildman–Crippen MR) is 172 cm³/mol. The molecule has 1 aromatic heterocycles. The molecule has 0 unspecified atom stereocenters. The third kappa shape index (κ3) is 6.70. The molecule has 236 valence electrons. The molecule has 0 saturated heterocycles. The summed E-state index contributed by atoms with van der Waals surface area (Å²) in [4.78, 5) is 43.4. The van der Waals surface area contributed by atoms with Crippen molar-refractivity contribution in [2.45, 2.75) is 39.8 Å². The Hall–Kier alpha value is -5.10. The average molecular weight is 615 g/mol. The highest BCUT2D eigenvalue weighted by Crippen LogP contribution is 2.35. The number of rotatable bonds is 7. The van der Waals surface area contributed by atoms with Gasteiger partial charge < -0.3 is 40.1 Å². The van der Waals surface area contributed by atoms with Gasteiger partial charge in [-0.1, -0.05) is 54.5 Å². The van der Waals surface area contributed by atoms with Crippen molar-refractivity contribution in [1.29, 1.82) is 0 Å². The first-order valence-electron chi connectivity index (χ1n) is 14.8. The van der Waals surface area contributed by atoms with Crippen LogP contribution in [0.15, 0.2) is 65.2 Å². The first-order chi connectivity index (χ1) is 21.6. The van der Waals surface area contributed by atoms with E-state index < -0.39 is 18.2 Å². The Morgan fingerprint density at radius 2 is 1.73 bits per heavy atom. The van der Waals surface area contributed by atoms with Crippen LogP contribution < -0.4 is 20.7 Å². The van der Waals surface area contributed by atoms with Crippen molar-refractivity contribution in [3.8, 4) is 5.75 Å². The highest BCUT2D eigenvalue weighted by atomic mass is 16.5. The van der Waals surface area contributed by atoms with Crippen LogP contribution in [0.1, 0.15) is 35.7 Å². The van der Waals surface area contributed by atoms with Crippen LogP contribution >= 0.6 is 0 Å². The third-order valence-corrected chi connectivity index (χ3v) is 8.04. The maximum atomic E-state index is 13.8. The third-order valence-electron chi connectivity index (χ3n) is 8.04. The Bertz CT molecular complexity index is 1700. The number of amides is 5. The molecule has 0 fully saturated rings. The fourth-order valence-electron chi connectivity index (χ4n) is 5.39. The zero-order valence-electron chi connectivity index (χ0n) is 26.0. The smallest absolute Gasteiger partial charge is 0.323 e. The lowest BCUT2D eigenvalue weighted by Crippen LogP contribution is -2.50. The number of aliphatic hydroxyl groups excluding tert-OH is 1. The van der Waals surface area contributed by atoms with Crippen molar-refractivity contribution in [2.24, 2.45) is 5.92 Å². The standard InChI is InChI=1S/C33H38N6O6/c1-19-16-39(20(2)18-40)31(41)25-13-9-15-27(35-32(42)34-26-14-8-11-23-10-6-7-12-24(23)26)30(25)44-28(19)17-38(5)33(43)36-29-21(3)37-45-22(29)4/h6-15,19-20,28,40H,16-18H2,1-5H3,(H,36,43)(H2,34,35,42)/t19-,20+,28-/m0/s1. The lowest BCUT2D eigenvalue weighted by atomic mass is 9.99. The number of urea groups is 2. The van der Waals surface area contributed by atoms with Gasteiger partial charge in [0.25, 0.3) is 5.91 Å². The van der Waals surface area contributed by atoms with Crippen molar-refractivity contribution >= 4 is 45.8 Å². The van der Waals surface area contributed by atoms with Gasteiger partial charge in [-0.25, -0.2) is 9.59 Å².